The first-order chi connectivity index (χ1) is 14.2. The van der Waals surface area contributed by atoms with E-state index in [-0.39, 0.29) is 6.04 Å². The number of aromatic nitrogens is 4. The van der Waals surface area contributed by atoms with Crippen LogP contribution in [0, 0.1) is 0 Å². The molecular formula is C20H23ClN8. The minimum atomic E-state index is 0.286. The zero-order valence-electron chi connectivity index (χ0n) is 16.2. The summed E-state index contributed by atoms with van der Waals surface area (Å²) >= 11 is 6.28. The molecule has 2 aromatic heterocycles. The molecule has 3 aromatic rings. The molecule has 0 saturated carbocycles. The third-order valence-corrected chi connectivity index (χ3v) is 5.17. The first kappa shape index (κ1) is 19.2. The van der Waals surface area contributed by atoms with Crippen molar-refractivity contribution >= 4 is 23.4 Å². The molecule has 3 heterocycles. The lowest BCUT2D eigenvalue weighted by atomic mass is 10.2. The molecule has 1 atom stereocenters. The van der Waals surface area contributed by atoms with Crippen LogP contribution in [-0.2, 0) is 6.54 Å². The Morgan fingerprint density at radius 2 is 2.14 bits per heavy atom. The fourth-order valence-electron chi connectivity index (χ4n) is 3.36. The van der Waals surface area contributed by atoms with Crippen LogP contribution in [0.1, 0.15) is 12.0 Å². The summed E-state index contributed by atoms with van der Waals surface area (Å²) in [4.78, 5) is 14.9. The predicted molar refractivity (Wildman–Crippen MR) is 115 cm³/mol. The lowest BCUT2D eigenvalue weighted by molar-refractivity contribution is 0.648. The minimum Gasteiger partial charge on any atom is -0.353 e. The van der Waals surface area contributed by atoms with E-state index in [2.05, 4.69) is 47.7 Å². The molecule has 0 radical (unpaired) electrons. The molecule has 1 aromatic carbocycles. The quantitative estimate of drug-likeness (QED) is 0.496. The van der Waals surface area contributed by atoms with Crippen molar-refractivity contribution < 1.29 is 0 Å². The molecule has 2 N–H and O–H groups in total. The lowest BCUT2D eigenvalue weighted by Crippen LogP contribution is -2.44. The molecule has 1 unspecified atom stereocenters. The average Bonchev–Trinajstić information content (AvgIpc) is 3.44. The number of nitrogens with one attached hydrogen (secondary N) is 2. The highest BCUT2D eigenvalue weighted by Crippen LogP contribution is 2.25. The summed E-state index contributed by atoms with van der Waals surface area (Å²) in [6.07, 6.45) is 5.98. The fraction of sp³-hybridized carbons (Fsp3) is 0.300. The molecule has 0 amide bonds. The second kappa shape index (κ2) is 8.91. The summed E-state index contributed by atoms with van der Waals surface area (Å²) in [7, 11) is 1.78. The Bertz CT molecular complexity index is 955. The zero-order chi connectivity index (χ0) is 20.1. The van der Waals surface area contributed by atoms with Crippen molar-refractivity contribution in [2.75, 3.05) is 25.0 Å². The Morgan fingerprint density at radius 3 is 2.86 bits per heavy atom. The van der Waals surface area contributed by atoms with Gasteiger partial charge >= 0.3 is 0 Å². The van der Waals surface area contributed by atoms with Gasteiger partial charge in [0.25, 0.3) is 0 Å². The van der Waals surface area contributed by atoms with Crippen LogP contribution in [0.15, 0.2) is 60.2 Å². The van der Waals surface area contributed by atoms with Crippen molar-refractivity contribution in [3.63, 3.8) is 0 Å². The van der Waals surface area contributed by atoms with Crippen LogP contribution in [0.5, 0.6) is 0 Å². The summed E-state index contributed by atoms with van der Waals surface area (Å²) in [6, 6.07) is 12.2. The minimum absolute atomic E-state index is 0.286. The van der Waals surface area contributed by atoms with Crippen LogP contribution < -0.4 is 15.5 Å². The first-order valence-electron chi connectivity index (χ1n) is 9.49. The number of rotatable bonds is 5. The number of benzene rings is 1. The number of aliphatic imine (C=N–C) groups is 1. The molecule has 0 spiro atoms. The van der Waals surface area contributed by atoms with Crippen LogP contribution in [-0.4, -0.2) is 51.9 Å². The average molecular weight is 411 g/mol. The van der Waals surface area contributed by atoms with Gasteiger partial charge in [-0.15, -0.1) is 0 Å². The Morgan fingerprint density at radius 1 is 1.28 bits per heavy atom. The number of hydrogen-bond donors (Lipinski definition) is 2. The van der Waals surface area contributed by atoms with Crippen molar-refractivity contribution in [1.29, 1.82) is 0 Å². The molecule has 1 saturated heterocycles. The van der Waals surface area contributed by atoms with E-state index >= 15 is 0 Å². The van der Waals surface area contributed by atoms with Gasteiger partial charge in [-0.25, -0.2) is 14.6 Å². The summed E-state index contributed by atoms with van der Waals surface area (Å²) < 4.78 is 1.73. The second-order valence-electron chi connectivity index (χ2n) is 6.82. The smallest absolute Gasteiger partial charge is 0.191 e. The van der Waals surface area contributed by atoms with E-state index in [4.69, 9.17) is 11.6 Å². The van der Waals surface area contributed by atoms with Gasteiger partial charge in [-0.05, 0) is 36.2 Å². The lowest BCUT2D eigenvalue weighted by Gasteiger charge is -2.20. The van der Waals surface area contributed by atoms with Crippen molar-refractivity contribution in [1.82, 2.24) is 30.4 Å². The summed E-state index contributed by atoms with van der Waals surface area (Å²) in [5.41, 5.74) is 2.14. The van der Waals surface area contributed by atoms with E-state index in [0.29, 0.717) is 11.6 Å². The van der Waals surface area contributed by atoms with Crippen molar-refractivity contribution in [3.05, 3.63) is 65.8 Å². The molecule has 9 heteroatoms. The number of halogens is 1. The van der Waals surface area contributed by atoms with Crippen LogP contribution in [0.2, 0.25) is 5.02 Å². The van der Waals surface area contributed by atoms with Gasteiger partial charge in [0.05, 0.1) is 10.7 Å². The number of nitrogens with zero attached hydrogens (tertiary/aromatic N) is 6. The predicted octanol–water partition coefficient (Wildman–Crippen LogP) is 2.26. The van der Waals surface area contributed by atoms with Crippen molar-refractivity contribution in [2.24, 2.45) is 4.99 Å². The molecule has 0 aliphatic carbocycles. The molecule has 4 rings (SSSR count). The van der Waals surface area contributed by atoms with Gasteiger partial charge in [0.2, 0.25) is 0 Å². The number of hydrogen-bond acceptors (Lipinski definition) is 5. The van der Waals surface area contributed by atoms with E-state index in [0.717, 1.165) is 42.5 Å². The van der Waals surface area contributed by atoms with Gasteiger partial charge in [-0.1, -0.05) is 23.7 Å². The third-order valence-electron chi connectivity index (χ3n) is 4.87. The van der Waals surface area contributed by atoms with Crippen molar-refractivity contribution in [2.45, 2.75) is 19.0 Å². The van der Waals surface area contributed by atoms with Gasteiger partial charge in [0.15, 0.2) is 5.96 Å². The van der Waals surface area contributed by atoms with Gasteiger partial charge < -0.3 is 15.5 Å². The highest BCUT2D eigenvalue weighted by molar-refractivity contribution is 6.32. The largest absolute Gasteiger partial charge is 0.353 e. The Hall–Kier alpha value is -3.13. The maximum Gasteiger partial charge on any atom is 0.191 e. The van der Waals surface area contributed by atoms with Crippen LogP contribution in [0.4, 0.5) is 5.82 Å². The molecule has 1 fully saturated rings. The van der Waals surface area contributed by atoms with Crippen LogP contribution in [0.3, 0.4) is 0 Å². The summed E-state index contributed by atoms with van der Waals surface area (Å²) in [5.74, 6) is 1.62. The number of pyridine rings is 1. The van der Waals surface area contributed by atoms with E-state index < -0.39 is 0 Å². The van der Waals surface area contributed by atoms with Gasteiger partial charge in [-0.3, -0.25) is 4.99 Å². The van der Waals surface area contributed by atoms with Gasteiger partial charge in [-0.2, -0.15) is 5.10 Å². The Kier molecular flexibility index (Phi) is 5.90. The highest BCUT2D eigenvalue weighted by Gasteiger charge is 2.25. The maximum absolute atomic E-state index is 6.28. The molecule has 150 valence electrons. The third kappa shape index (κ3) is 4.65. The monoisotopic (exact) mass is 410 g/mol. The second-order valence-corrected chi connectivity index (χ2v) is 7.22. The number of anilines is 1. The molecule has 29 heavy (non-hydrogen) atoms. The van der Waals surface area contributed by atoms with Gasteiger partial charge in [0.1, 0.15) is 18.5 Å². The maximum atomic E-state index is 6.28. The summed E-state index contributed by atoms with van der Waals surface area (Å²) in [6.45, 7) is 2.43. The molecular weight excluding hydrogens is 388 g/mol. The Balaban J connectivity index is 1.29. The fourth-order valence-corrected chi connectivity index (χ4v) is 3.60. The zero-order valence-corrected chi connectivity index (χ0v) is 16.9. The van der Waals surface area contributed by atoms with E-state index in [1.165, 1.54) is 6.33 Å². The normalized spacial score (nSPS) is 16.8. The topological polar surface area (TPSA) is 83.3 Å². The first-order valence-corrected chi connectivity index (χ1v) is 9.87. The van der Waals surface area contributed by atoms with E-state index in [9.17, 15) is 0 Å². The molecule has 8 nitrogen and oxygen atoms in total. The van der Waals surface area contributed by atoms with Crippen LogP contribution in [0.25, 0.3) is 5.69 Å². The highest BCUT2D eigenvalue weighted by atomic mass is 35.5. The molecule has 1 aliphatic heterocycles. The molecule has 1 aliphatic rings. The van der Waals surface area contributed by atoms with Crippen molar-refractivity contribution in [3.8, 4) is 5.69 Å². The standard InChI is InChI=1S/C20H23ClN8/c1-22-20(25-11-15-4-6-17(7-5-15)29-14-23-13-26-29)27-16-8-10-28(12-16)19-18(21)3-2-9-24-19/h2-7,9,13-14,16H,8,10-12H2,1H3,(H2,22,25,27). The van der Waals surface area contributed by atoms with E-state index in [1.54, 1.807) is 24.3 Å². The number of guanidine groups is 1. The Labute approximate surface area is 174 Å². The van der Waals surface area contributed by atoms with Gasteiger partial charge in [0, 0.05) is 38.9 Å². The summed E-state index contributed by atoms with van der Waals surface area (Å²) in [5, 5.41) is 11.7. The van der Waals surface area contributed by atoms with E-state index in [1.807, 2.05) is 24.3 Å². The van der Waals surface area contributed by atoms with Crippen LogP contribution >= 0.6 is 11.6 Å². The molecule has 0 bridgehead atoms. The SMILES string of the molecule is CN=C(NCc1ccc(-n2cncn2)cc1)NC1CCN(c2ncccc2Cl)C1.